The van der Waals surface area contributed by atoms with Crippen LogP contribution < -0.4 is 19.6 Å². The van der Waals surface area contributed by atoms with Crippen LogP contribution in [0.5, 0.6) is 0 Å². The Morgan fingerprint density at radius 1 is 0.188 bits per heavy atom. The van der Waals surface area contributed by atoms with Crippen molar-refractivity contribution in [2.24, 2.45) is 11.8 Å². The largest absolute Gasteiger partial charge is 0.311 e. The molecule has 96 heavy (non-hydrogen) atoms. The van der Waals surface area contributed by atoms with Crippen molar-refractivity contribution in [3.05, 3.63) is 408 Å². The average Bonchev–Trinajstić information content (AvgIpc) is 1.50. The van der Waals surface area contributed by atoms with Gasteiger partial charge in [-0.05, 0) is 249 Å². The summed E-state index contributed by atoms with van der Waals surface area (Å²) in [5.41, 5.74) is 25.5. The van der Waals surface area contributed by atoms with Crippen LogP contribution in [-0.2, 0) is 0 Å². The van der Waals surface area contributed by atoms with Crippen LogP contribution in [0.25, 0.3) is 10.8 Å². The first-order chi connectivity index (χ1) is 47.7. The number of benzene rings is 14. The summed E-state index contributed by atoms with van der Waals surface area (Å²) in [6.07, 6.45) is 2.25. The zero-order chi connectivity index (χ0) is 63.5. The van der Waals surface area contributed by atoms with Gasteiger partial charge in [-0.1, -0.05) is 218 Å². The van der Waals surface area contributed by atoms with Gasteiger partial charge in [-0.3, -0.25) is 0 Å². The van der Waals surface area contributed by atoms with Crippen LogP contribution in [0.4, 0.5) is 68.2 Å². The lowest BCUT2D eigenvalue weighted by atomic mass is 9.49. The fourth-order valence-corrected chi connectivity index (χ4v) is 17.9. The molecule has 1 saturated carbocycles. The maximum atomic E-state index is 2.57. The summed E-state index contributed by atoms with van der Waals surface area (Å²) < 4.78 is 0. The first-order valence-corrected chi connectivity index (χ1v) is 34.3. The molecular weight excluding hydrogens is 1160 g/mol. The standard InChI is InChI=1S/C92H72N4/c1-9-25-68(26-10-1)93(69-27-11-2-12-28-69)76-51-41-63(42-52-76)84-80-59-49-67-50-60-81-85(64-43-53-77(54-44-64)94(70-29-13-3-14-30-70)71-31-15-4-16-32-71)87(66-47-57-79(58-48-66)96(74-37-21-7-22-38-74)75-39-23-8-24-40-75)83-62-61-82(91-89(80)88(67)90(81)92(83)91)86(84)65-45-55-78(56-46-65)95(72-33-17-5-18-34-72)73-35-19-6-20-36-73/h1-60,82-87,91-92H,61-62H2. The molecule has 14 aromatic carbocycles. The Balaban J connectivity index is 0.811. The number of anilines is 12. The molecule has 4 aliphatic carbocycles. The number of nitrogens with zero attached hydrogens (tertiary/aromatic N) is 4. The second-order valence-corrected chi connectivity index (χ2v) is 26.6. The highest BCUT2D eigenvalue weighted by Gasteiger charge is 2.59. The molecule has 4 heteroatoms. The van der Waals surface area contributed by atoms with E-state index in [4.69, 9.17) is 0 Å². The van der Waals surface area contributed by atoms with Crippen LogP contribution in [0.2, 0.25) is 0 Å². The van der Waals surface area contributed by atoms with Crippen LogP contribution in [0.1, 0.15) is 92.9 Å². The highest BCUT2D eigenvalue weighted by molar-refractivity contribution is 5.96. The van der Waals surface area contributed by atoms with Crippen molar-refractivity contribution in [2.75, 3.05) is 19.6 Å². The van der Waals surface area contributed by atoms with Crippen LogP contribution in [0, 0.1) is 11.8 Å². The van der Waals surface area contributed by atoms with Crippen LogP contribution in [0.3, 0.4) is 0 Å². The van der Waals surface area contributed by atoms with Gasteiger partial charge in [-0.15, -0.1) is 0 Å². The molecule has 18 rings (SSSR count). The Morgan fingerprint density at radius 3 is 0.625 bits per heavy atom. The van der Waals surface area contributed by atoms with Crippen molar-refractivity contribution in [1.29, 1.82) is 0 Å². The van der Waals surface area contributed by atoms with Gasteiger partial charge in [0.05, 0.1) is 0 Å². The molecule has 8 atom stereocenters. The van der Waals surface area contributed by atoms with Crippen molar-refractivity contribution in [3.63, 3.8) is 0 Å². The van der Waals surface area contributed by atoms with Crippen molar-refractivity contribution >= 4 is 79.0 Å². The Labute approximate surface area is 563 Å². The Kier molecular flexibility index (Phi) is 14.6. The minimum absolute atomic E-state index is 0.111. The van der Waals surface area contributed by atoms with E-state index in [-0.39, 0.29) is 23.7 Å². The smallest absolute Gasteiger partial charge is 0.0461 e. The topological polar surface area (TPSA) is 13.0 Å². The summed E-state index contributed by atoms with van der Waals surface area (Å²) in [6, 6.07) is 136. The van der Waals surface area contributed by atoms with Gasteiger partial charge < -0.3 is 19.6 Å². The minimum atomic E-state index is 0.111. The van der Waals surface area contributed by atoms with E-state index in [1.54, 1.807) is 11.1 Å². The van der Waals surface area contributed by atoms with E-state index in [0.29, 0.717) is 23.7 Å². The Hall–Kier alpha value is -11.5. The van der Waals surface area contributed by atoms with Crippen molar-refractivity contribution in [2.45, 2.75) is 48.3 Å². The molecule has 4 aliphatic rings. The number of para-hydroxylation sites is 8. The van der Waals surface area contributed by atoms with Gasteiger partial charge >= 0.3 is 0 Å². The molecule has 0 heterocycles. The summed E-state index contributed by atoms with van der Waals surface area (Å²) in [4.78, 5) is 9.60. The van der Waals surface area contributed by atoms with Gasteiger partial charge in [-0.25, -0.2) is 0 Å². The third kappa shape index (κ3) is 9.89. The molecule has 0 N–H and O–H groups in total. The lowest BCUT2D eigenvalue weighted by molar-refractivity contribution is 0.129. The molecule has 1 fully saturated rings. The molecule has 0 aliphatic heterocycles. The molecule has 0 spiro atoms. The molecule has 0 amide bonds. The van der Waals surface area contributed by atoms with E-state index in [1.807, 2.05) is 0 Å². The lowest BCUT2D eigenvalue weighted by Crippen LogP contribution is -2.42. The average molecular weight is 1230 g/mol. The maximum absolute atomic E-state index is 2.57. The van der Waals surface area contributed by atoms with Crippen molar-refractivity contribution in [3.8, 4) is 0 Å². The van der Waals surface area contributed by atoms with Gasteiger partial charge in [-0.2, -0.15) is 0 Å². The highest BCUT2D eigenvalue weighted by atomic mass is 15.2. The second kappa shape index (κ2) is 24.5. The molecule has 14 aromatic rings. The van der Waals surface area contributed by atoms with E-state index >= 15 is 0 Å². The van der Waals surface area contributed by atoms with Gasteiger partial charge in [0, 0.05) is 80.1 Å². The van der Waals surface area contributed by atoms with Crippen LogP contribution in [-0.4, -0.2) is 0 Å². The molecule has 4 nitrogen and oxygen atoms in total. The summed E-state index contributed by atoms with van der Waals surface area (Å²) in [7, 11) is 0. The number of rotatable bonds is 16. The predicted octanol–water partition coefficient (Wildman–Crippen LogP) is 24.8. The van der Waals surface area contributed by atoms with E-state index in [9.17, 15) is 0 Å². The van der Waals surface area contributed by atoms with Gasteiger partial charge in [0.1, 0.15) is 0 Å². The summed E-state index contributed by atoms with van der Waals surface area (Å²) in [5.74, 6) is 2.10. The molecule has 0 aromatic heterocycles. The summed E-state index contributed by atoms with van der Waals surface area (Å²) in [6.45, 7) is 0. The molecule has 8 unspecified atom stereocenters. The van der Waals surface area contributed by atoms with E-state index < -0.39 is 0 Å². The lowest BCUT2D eigenvalue weighted by Gasteiger charge is -2.54. The summed E-state index contributed by atoms with van der Waals surface area (Å²) >= 11 is 0. The Morgan fingerprint density at radius 2 is 0.396 bits per heavy atom. The monoisotopic (exact) mass is 1230 g/mol. The Bertz CT molecular complexity index is 4530. The normalized spacial score (nSPS) is 19.4. The molecule has 0 radical (unpaired) electrons. The number of hydrogen-bond acceptors (Lipinski definition) is 4. The SMILES string of the molecule is c1ccc(N(c2ccccc2)c2ccc(C3c4ccc5ccc6c7c5c4C4C(CCC(C(c5ccc(N(c8ccccc8)c8ccccc8)cc5)C6c5ccc(N(c6ccccc6)c6ccccc6)cc5)C74)C3c3ccc(N(c4ccccc4)c4ccccc4)cc3)cc2)cc1. The molecular formula is C92H72N4. The van der Waals surface area contributed by atoms with E-state index in [2.05, 4.69) is 384 Å². The third-order valence-corrected chi connectivity index (χ3v) is 21.7. The van der Waals surface area contributed by atoms with Crippen molar-refractivity contribution in [1.82, 2.24) is 0 Å². The van der Waals surface area contributed by atoms with Gasteiger partial charge in [0.2, 0.25) is 0 Å². The zero-order valence-electron chi connectivity index (χ0n) is 53.5. The van der Waals surface area contributed by atoms with Gasteiger partial charge in [0.25, 0.3) is 0 Å². The maximum Gasteiger partial charge on any atom is 0.0461 e. The zero-order valence-corrected chi connectivity index (χ0v) is 53.5. The second-order valence-electron chi connectivity index (χ2n) is 26.6. The van der Waals surface area contributed by atoms with Gasteiger partial charge in [0.15, 0.2) is 0 Å². The van der Waals surface area contributed by atoms with Crippen molar-refractivity contribution < 1.29 is 0 Å². The first kappa shape index (κ1) is 57.2. The fourth-order valence-electron chi connectivity index (χ4n) is 17.9. The predicted molar refractivity (Wildman–Crippen MR) is 399 cm³/mol. The number of hydrogen-bond donors (Lipinski definition) is 0. The van der Waals surface area contributed by atoms with E-state index in [1.165, 1.54) is 44.2 Å². The highest BCUT2D eigenvalue weighted by Crippen LogP contribution is 2.73. The molecule has 0 bridgehead atoms. The first-order valence-electron chi connectivity index (χ1n) is 34.3. The van der Waals surface area contributed by atoms with Crippen LogP contribution in [0.15, 0.2) is 364 Å². The third-order valence-electron chi connectivity index (χ3n) is 21.7. The molecule has 0 saturated heterocycles. The summed E-state index contributed by atoms with van der Waals surface area (Å²) in [5, 5.41) is 2.91. The fraction of sp³-hybridized carbons (Fsp3) is 0.109. The van der Waals surface area contributed by atoms with Crippen LogP contribution >= 0.6 is 0 Å². The molecule has 460 valence electrons. The minimum Gasteiger partial charge on any atom is -0.311 e. The quantitative estimate of drug-likeness (QED) is 0.0956. The van der Waals surface area contributed by atoms with E-state index in [0.717, 1.165) is 81.1 Å².